The van der Waals surface area contributed by atoms with Gasteiger partial charge in [0, 0.05) is 28.3 Å². The molecule has 1 saturated heterocycles. The van der Waals surface area contributed by atoms with Crippen LogP contribution in [-0.2, 0) is 38.6 Å². The van der Waals surface area contributed by atoms with Crippen molar-refractivity contribution in [1.82, 2.24) is 15.2 Å². The van der Waals surface area contributed by atoms with Gasteiger partial charge in [-0.2, -0.15) is 0 Å². The van der Waals surface area contributed by atoms with Crippen molar-refractivity contribution in [2.24, 2.45) is 5.16 Å². The number of anilines is 1. The zero-order valence-electron chi connectivity index (χ0n) is 18.7. The zero-order valence-corrected chi connectivity index (χ0v) is 20.4. The molecule has 2 aromatic heterocycles. The van der Waals surface area contributed by atoms with Gasteiger partial charge in [0.2, 0.25) is 0 Å². The molecule has 0 saturated carbocycles. The van der Waals surface area contributed by atoms with Crippen LogP contribution in [-0.4, -0.2) is 57.7 Å². The van der Waals surface area contributed by atoms with Gasteiger partial charge >= 0.3 is 0 Å². The smallest absolute Gasteiger partial charge is 0.276 e. The molecule has 3 aliphatic rings. The molecule has 35 heavy (non-hydrogen) atoms. The maximum absolute atomic E-state index is 13.0. The van der Waals surface area contributed by atoms with E-state index in [0.29, 0.717) is 17.9 Å². The number of carboxylic acids is 1. The van der Waals surface area contributed by atoms with E-state index in [-0.39, 0.29) is 22.2 Å². The number of thioether (sulfide) groups is 1. The number of hydrogen-bond donors (Lipinski definition) is 2. The number of aromatic nitrogens is 2. The van der Waals surface area contributed by atoms with Gasteiger partial charge in [0.1, 0.15) is 24.2 Å². The van der Waals surface area contributed by atoms with Gasteiger partial charge in [-0.05, 0) is 24.8 Å². The minimum Gasteiger partial charge on any atom is -0.543 e. The van der Waals surface area contributed by atoms with Crippen molar-refractivity contribution in [3.63, 3.8) is 0 Å². The Kier molecular flexibility index (Phi) is 6.19. The highest BCUT2D eigenvalue weighted by molar-refractivity contribution is 8.00. The first kappa shape index (κ1) is 23.3. The highest BCUT2D eigenvalue weighted by Crippen LogP contribution is 2.40. The number of rotatable bonds is 7. The van der Waals surface area contributed by atoms with Crippen molar-refractivity contribution in [2.45, 2.75) is 37.2 Å². The molecule has 3 N–H and O–H groups in total. The lowest BCUT2D eigenvalue weighted by Crippen LogP contribution is -2.71. The topological polar surface area (TPSA) is 154 Å². The van der Waals surface area contributed by atoms with Gasteiger partial charge in [-0.15, -0.1) is 23.1 Å². The van der Waals surface area contributed by atoms with Crippen LogP contribution in [0.4, 0.5) is 5.13 Å². The van der Waals surface area contributed by atoms with E-state index in [1.165, 1.54) is 34.9 Å². The molecule has 0 aromatic carbocycles. The Balaban J connectivity index is 1.34. The van der Waals surface area contributed by atoms with Crippen LogP contribution in [0.15, 0.2) is 40.3 Å². The number of amides is 2. The Hall–Kier alpha value is -3.45. The number of nitrogens with two attached hydrogens (primary N) is 1. The third-order valence-corrected chi connectivity index (χ3v) is 8.17. The number of β-lactam (4-membered cyclic amide) rings is 1. The molecule has 0 radical (unpaired) electrons. The second-order valence-corrected chi connectivity index (χ2v) is 10.3. The largest absolute Gasteiger partial charge is 0.543 e. The number of pyridine rings is 1. The molecular formula is C22H22N6O5S2. The fraction of sp³-hybridized carbons (Fsp3) is 0.364. The summed E-state index contributed by atoms with van der Waals surface area (Å²) < 4.78 is 1.94. The number of carboxylic acid groups (broad SMARTS) is 1. The number of carbonyl (C=O) groups is 3. The summed E-state index contributed by atoms with van der Waals surface area (Å²) in [7, 11) is 1.29. The van der Waals surface area contributed by atoms with E-state index >= 15 is 0 Å². The Morgan fingerprint density at radius 2 is 2.20 bits per heavy atom. The van der Waals surface area contributed by atoms with Crippen LogP contribution in [0.25, 0.3) is 0 Å². The summed E-state index contributed by atoms with van der Waals surface area (Å²) >= 11 is 2.52. The molecule has 2 atom stereocenters. The highest BCUT2D eigenvalue weighted by atomic mass is 32.2. The standard InChI is InChI=1S/C22H22N6O5S2/c1-33-26-15(14-10-35-22(23)24-14)18(29)25-16-19(30)28-17(21(31)32)13(9-34-20(16)28)8-27-6-5-11-3-2-4-12(11)7-27/h5-7,10,16,20H,2-4,8-9H2,1H3,(H3-,23,24,25,29,31,32)/b26-15-. The molecule has 182 valence electrons. The van der Waals surface area contributed by atoms with Gasteiger partial charge in [0.25, 0.3) is 11.8 Å². The summed E-state index contributed by atoms with van der Waals surface area (Å²) in [6, 6.07) is 1.14. The molecule has 2 aliphatic heterocycles. The summed E-state index contributed by atoms with van der Waals surface area (Å²) in [5, 5.41) is 19.6. The Bertz CT molecular complexity index is 1290. The van der Waals surface area contributed by atoms with E-state index in [1.54, 1.807) is 5.38 Å². The molecule has 0 bridgehead atoms. The van der Waals surface area contributed by atoms with Crippen LogP contribution in [0.3, 0.4) is 0 Å². The third kappa shape index (κ3) is 4.25. The SMILES string of the molecule is CO/N=C(\C(=O)NC1C(=O)N2C(C(=O)[O-])=C(C[n+]3ccc4c(c3)CCC4)CSC12)c1csc(N)n1. The number of thiazole rings is 1. The summed E-state index contributed by atoms with van der Waals surface area (Å²) in [5.41, 5.74) is 8.78. The van der Waals surface area contributed by atoms with Crippen LogP contribution >= 0.6 is 23.1 Å². The average molecular weight is 515 g/mol. The van der Waals surface area contributed by atoms with Crippen LogP contribution in [0.1, 0.15) is 23.2 Å². The van der Waals surface area contributed by atoms with Gasteiger partial charge < -0.3 is 25.8 Å². The fourth-order valence-corrected chi connectivity index (χ4v) is 6.45. The van der Waals surface area contributed by atoms with Gasteiger partial charge in [0.05, 0.1) is 11.7 Å². The molecule has 2 amide bonds. The highest BCUT2D eigenvalue weighted by Gasteiger charge is 2.53. The predicted octanol–water partition coefficient (Wildman–Crippen LogP) is -1.04. The Labute approximate surface area is 208 Å². The van der Waals surface area contributed by atoms with E-state index in [1.807, 2.05) is 17.0 Å². The number of aryl methyl sites for hydroxylation is 2. The van der Waals surface area contributed by atoms with Crippen molar-refractivity contribution in [1.29, 1.82) is 0 Å². The van der Waals surface area contributed by atoms with Gasteiger partial charge in [-0.1, -0.05) is 5.16 Å². The maximum atomic E-state index is 13.0. The maximum Gasteiger partial charge on any atom is 0.276 e. The number of fused-ring (bicyclic) bond motifs is 2. The van der Waals surface area contributed by atoms with Crippen molar-refractivity contribution in [3.05, 3.63) is 51.9 Å². The molecule has 1 fully saturated rings. The van der Waals surface area contributed by atoms with Crippen molar-refractivity contribution < 1.29 is 28.9 Å². The van der Waals surface area contributed by atoms with Crippen LogP contribution < -0.4 is 20.7 Å². The third-order valence-electron chi connectivity index (χ3n) is 6.16. The first-order chi connectivity index (χ1) is 16.9. The summed E-state index contributed by atoms with van der Waals surface area (Å²) in [5.74, 6) is -2.23. The predicted molar refractivity (Wildman–Crippen MR) is 126 cm³/mol. The Morgan fingerprint density at radius 1 is 1.40 bits per heavy atom. The molecule has 1 aliphatic carbocycles. The average Bonchev–Trinajstić information content (AvgIpc) is 3.48. The normalized spacial score (nSPS) is 21.3. The van der Waals surface area contributed by atoms with Crippen LogP contribution in [0, 0.1) is 0 Å². The molecule has 2 aromatic rings. The van der Waals surface area contributed by atoms with Crippen LogP contribution in [0.2, 0.25) is 0 Å². The van der Waals surface area contributed by atoms with Crippen molar-refractivity contribution in [3.8, 4) is 0 Å². The van der Waals surface area contributed by atoms with E-state index in [2.05, 4.69) is 21.5 Å². The van der Waals surface area contributed by atoms with E-state index in [4.69, 9.17) is 10.6 Å². The lowest BCUT2D eigenvalue weighted by molar-refractivity contribution is -0.689. The molecule has 11 nitrogen and oxygen atoms in total. The second-order valence-electron chi connectivity index (χ2n) is 8.32. The summed E-state index contributed by atoms with van der Waals surface area (Å²) in [4.78, 5) is 47.9. The molecule has 0 spiro atoms. The van der Waals surface area contributed by atoms with Crippen LogP contribution in [0.5, 0.6) is 0 Å². The Morgan fingerprint density at radius 3 is 2.91 bits per heavy atom. The molecule has 13 heteroatoms. The fourth-order valence-electron chi connectivity index (χ4n) is 4.57. The zero-order chi connectivity index (χ0) is 24.7. The van der Waals surface area contributed by atoms with Crippen molar-refractivity contribution >= 4 is 51.7 Å². The molecule has 4 heterocycles. The monoisotopic (exact) mass is 514 g/mol. The first-order valence-corrected chi connectivity index (χ1v) is 12.8. The number of carbonyl (C=O) groups excluding carboxylic acids is 3. The number of nitrogen functional groups attached to an aromatic ring is 1. The summed E-state index contributed by atoms with van der Waals surface area (Å²) in [6.07, 6.45) is 7.16. The van der Waals surface area contributed by atoms with E-state index in [0.717, 1.165) is 30.6 Å². The molecule has 2 unspecified atom stereocenters. The lowest BCUT2D eigenvalue weighted by Gasteiger charge is -2.50. The quantitative estimate of drug-likeness (QED) is 0.206. The van der Waals surface area contributed by atoms with Gasteiger partial charge in [-0.25, -0.2) is 9.55 Å². The summed E-state index contributed by atoms with van der Waals surface area (Å²) in [6.45, 7) is 0.340. The number of aliphatic carboxylic acids is 1. The van der Waals surface area contributed by atoms with E-state index in [9.17, 15) is 19.5 Å². The van der Waals surface area contributed by atoms with Gasteiger partial charge in [-0.3, -0.25) is 14.5 Å². The lowest BCUT2D eigenvalue weighted by atomic mass is 10.0. The van der Waals surface area contributed by atoms with Gasteiger partial charge in [0.15, 0.2) is 29.8 Å². The molecular weight excluding hydrogens is 492 g/mol. The van der Waals surface area contributed by atoms with Crippen molar-refractivity contribution in [2.75, 3.05) is 18.6 Å². The molecule has 5 rings (SSSR count). The number of nitrogens with zero attached hydrogens (tertiary/aromatic N) is 4. The number of hydrogen-bond acceptors (Lipinski definition) is 10. The minimum absolute atomic E-state index is 0.128. The van der Waals surface area contributed by atoms with E-state index < -0.39 is 29.2 Å². The first-order valence-electron chi connectivity index (χ1n) is 10.9. The number of oxime groups is 1. The second kappa shape index (κ2) is 9.30. The minimum atomic E-state index is -1.41. The number of nitrogens with one attached hydrogen (secondary N) is 1.